The fourth-order valence-electron chi connectivity index (χ4n) is 0.453. The molecule has 0 saturated heterocycles. The molecule has 0 bridgehead atoms. The Hall–Kier alpha value is 0.0330. The van der Waals surface area contributed by atoms with Gasteiger partial charge in [-0.1, -0.05) is 18.2 Å². The predicted octanol–water partition coefficient (Wildman–Crippen LogP) is 1.26. The molecule has 0 fully saturated rings. The van der Waals surface area contributed by atoms with E-state index in [1.54, 1.807) is 0 Å². The van der Waals surface area contributed by atoms with Crippen molar-refractivity contribution in [3.63, 3.8) is 0 Å². The van der Waals surface area contributed by atoms with Crippen molar-refractivity contribution in [2.24, 2.45) is 0 Å². The average Bonchev–Trinajstić information content (AvgIpc) is 1.69. The van der Waals surface area contributed by atoms with Crippen LogP contribution in [0, 0.1) is 0 Å². The summed E-state index contributed by atoms with van der Waals surface area (Å²) in [6.45, 7) is 0. The summed E-state index contributed by atoms with van der Waals surface area (Å²) in [6.07, 6.45) is 0. The summed E-state index contributed by atoms with van der Waals surface area (Å²) < 4.78 is 0. The van der Waals surface area contributed by atoms with Crippen LogP contribution in [0.4, 0.5) is 5.69 Å². The number of rotatable bonds is 0. The largest absolute Gasteiger partial charge is 0.399 e. The Morgan fingerprint density at radius 2 is 1.44 bits per heavy atom. The van der Waals surface area contributed by atoms with Crippen LogP contribution in [-0.4, -0.2) is 0 Å². The maximum atomic E-state index is 5.36. The van der Waals surface area contributed by atoms with Gasteiger partial charge in [0.15, 0.2) is 0 Å². The first-order valence-corrected chi connectivity index (χ1v) is 2.20. The standard InChI is InChI=1S/C6H7N.Fe.Ni/c7-6-4-2-1-3-5-6;;/h1-5H,7H2;;. The van der Waals surface area contributed by atoms with Crippen molar-refractivity contribution in [3.05, 3.63) is 30.3 Å². The van der Waals surface area contributed by atoms with Gasteiger partial charge in [-0.05, 0) is 12.1 Å². The second kappa shape index (κ2) is 6.16. The Labute approximate surface area is 75.4 Å². The first kappa shape index (κ1) is 11.8. The number of anilines is 1. The molecular formula is C6H7FeNNi. The van der Waals surface area contributed by atoms with Crippen molar-refractivity contribution in [1.82, 2.24) is 0 Å². The molecule has 9 heavy (non-hydrogen) atoms. The molecule has 2 N–H and O–H groups in total. The molecule has 0 aliphatic heterocycles. The van der Waals surface area contributed by atoms with E-state index in [1.165, 1.54) is 0 Å². The van der Waals surface area contributed by atoms with Crippen LogP contribution in [0.1, 0.15) is 0 Å². The molecule has 1 rings (SSSR count). The predicted molar refractivity (Wildman–Crippen MR) is 30.9 cm³/mol. The monoisotopic (exact) mass is 207 g/mol. The van der Waals surface area contributed by atoms with Gasteiger partial charge in [-0.15, -0.1) is 0 Å². The molecule has 0 atom stereocenters. The van der Waals surface area contributed by atoms with Gasteiger partial charge < -0.3 is 5.73 Å². The number of benzene rings is 1. The molecule has 0 heterocycles. The number of nitrogen functional groups attached to an aromatic ring is 1. The van der Waals surface area contributed by atoms with Crippen molar-refractivity contribution >= 4 is 5.69 Å². The van der Waals surface area contributed by atoms with Crippen LogP contribution in [0.25, 0.3) is 0 Å². The molecule has 0 aliphatic carbocycles. The second-order valence-corrected chi connectivity index (χ2v) is 1.41. The molecule has 0 saturated carbocycles. The summed E-state index contributed by atoms with van der Waals surface area (Å²) in [6, 6.07) is 9.49. The van der Waals surface area contributed by atoms with Gasteiger partial charge in [0.2, 0.25) is 0 Å². The molecule has 0 spiro atoms. The molecule has 1 aromatic rings. The molecule has 3 heteroatoms. The zero-order chi connectivity index (χ0) is 5.11. The van der Waals surface area contributed by atoms with Gasteiger partial charge >= 0.3 is 0 Å². The van der Waals surface area contributed by atoms with E-state index in [2.05, 4.69) is 0 Å². The summed E-state index contributed by atoms with van der Waals surface area (Å²) in [7, 11) is 0. The van der Waals surface area contributed by atoms with E-state index < -0.39 is 0 Å². The summed E-state index contributed by atoms with van der Waals surface area (Å²) in [4.78, 5) is 0. The van der Waals surface area contributed by atoms with Gasteiger partial charge in [0.1, 0.15) is 0 Å². The first-order valence-electron chi connectivity index (χ1n) is 2.20. The third-order valence-corrected chi connectivity index (χ3v) is 0.800. The van der Waals surface area contributed by atoms with E-state index in [1.807, 2.05) is 30.3 Å². The van der Waals surface area contributed by atoms with E-state index in [0.717, 1.165) is 5.69 Å². The maximum Gasteiger partial charge on any atom is 0.0313 e. The topological polar surface area (TPSA) is 26.0 Å². The fourth-order valence-corrected chi connectivity index (χ4v) is 0.453. The van der Waals surface area contributed by atoms with Gasteiger partial charge in [-0.2, -0.15) is 0 Å². The number of para-hydroxylation sites is 1. The third kappa shape index (κ3) is 4.53. The minimum absolute atomic E-state index is 0. The minimum atomic E-state index is 0. The van der Waals surface area contributed by atoms with Crippen LogP contribution < -0.4 is 5.73 Å². The van der Waals surface area contributed by atoms with E-state index in [9.17, 15) is 0 Å². The Balaban J connectivity index is 0. The van der Waals surface area contributed by atoms with Crippen LogP contribution >= 0.6 is 0 Å². The van der Waals surface area contributed by atoms with Crippen molar-refractivity contribution in [2.75, 3.05) is 5.73 Å². The van der Waals surface area contributed by atoms with Gasteiger partial charge in [0.25, 0.3) is 0 Å². The second-order valence-electron chi connectivity index (χ2n) is 1.41. The Morgan fingerprint density at radius 3 is 1.67 bits per heavy atom. The SMILES string of the molecule is Nc1ccccc1.[Fe].[Ni]. The molecule has 0 radical (unpaired) electrons. The number of hydrogen-bond donors (Lipinski definition) is 1. The van der Waals surface area contributed by atoms with Crippen molar-refractivity contribution in [2.45, 2.75) is 0 Å². The molecule has 0 aliphatic rings. The van der Waals surface area contributed by atoms with Gasteiger partial charge in [0.05, 0.1) is 0 Å². The van der Waals surface area contributed by atoms with Crippen LogP contribution in [0.2, 0.25) is 0 Å². The first-order chi connectivity index (χ1) is 3.39. The van der Waals surface area contributed by atoms with Crippen molar-refractivity contribution in [1.29, 1.82) is 0 Å². The molecular weight excluding hydrogens is 201 g/mol. The fraction of sp³-hybridized carbons (Fsp3) is 0. The minimum Gasteiger partial charge on any atom is -0.399 e. The van der Waals surface area contributed by atoms with Crippen molar-refractivity contribution < 1.29 is 33.6 Å². The zero-order valence-electron chi connectivity index (χ0n) is 4.63. The van der Waals surface area contributed by atoms with Crippen LogP contribution in [0.15, 0.2) is 30.3 Å². The zero-order valence-corrected chi connectivity index (χ0v) is 6.73. The maximum absolute atomic E-state index is 5.36. The summed E-state index contributed by atoms with van der Waals surface area (Å²) in [5.41, 5.74) is 6.18. The van der Waals surface area contributed by atoms with Gasteiger partial charge in [-0.3, -0.25) is 0 Å². The van der Waals surface area contributed by atoms with E-state index in [-0.39, 0.29) is 33.6 Å². The van der Waals surface area contributed by atoms with Crippen LogP contribution in [0.3, 0.4) is 0 Å². The van der Waals surface area contributed by atoms with Gasteiger partial charge in [-0.25, -0.2) is 0 Å². The number of nitrogens with two attached hydrogens (primary N) is 1. The average molecular weight is 208 g/mol. The van der Waals surface area contributed by atoms with E-state index in [4.69, 9.17) is 5.73 Å². The molecule has 54 valence electrons. The molecule has 1 aromatic carbocycles. The molecule has 0 unspecified atom stereocenters. The molecule has 0 amide bonds. The van der Waals surface area contributed by atoms with Crippen LogP contribution in [0.5, 0.6) is 0 Å². The summed E-state index contributed by atoms with van der Waals surface area (Å²) in [5, 5.41) is 0. The molecule has 0 aromatic heterocycles. The van der Waals surface area contributed by atoms with Crippen molar-refractivity contribution in [3.8, 4) is 0 Å². The summed E-state index contributed by atoms with van der Waals surface area (Å²) >= 11 is 0. The molecule has 1 nitrogen and oxygen atoms in total. The third-order valence-electron chi connectivity index (χ3n) is 0.800. The normalized spacial score (nSPS) is 6.67. The van der Waals surface area contributed by atoms with Crippen LogP contribution in [-0.2, 0) is 33.6 Å². The Morgan fingerprint density at radius 1 is 1.00 bits per heavy atom. The number of hydrogen-bond acceptors (Lipinski definition) is 1. The Kier molecular flexibility index (Phi) is 8.06. The van der Waals surface area contributed by atoms with Gasteiger partial charge in [0, 0.05) is 39.2 Å². The smallest absolute Gasteiger partial charge is 0.0313 e. The summed E-state index contributed by atoms with van der Waals surface area (Å²) in [5.74, 6) is 0. The van der Waals surface area contributed by atoms with E-state index in [0.29, 0.717) is 0 Å². The Bertz CT molecular complexity index is 143. The quantitative estimate of drug-likeness (QED) is 0.503. The van der Waals surface area contributed by atoms with E-state index >= 15 is 0 Å².